The minimum absolute atomic E-state index is 0.449. The van der Waals surface area contributed by atoms with E-state index in [2.05, 4.69) is 26.0 Å². The van der Waals surface area contributed by atoms with Crippen molar-refractivity contribution in [2.45, 2.75) is 20.4 Å². The lowest BCUT2D eigenvalue weighted by atomic mass is 10.3. The van der Waals surface area contributed by atoms with Gasteiger partial charge in [-0.2, -0.15) is 5.10 Å². The highest BCUT2D eigenvalue weighted by atomic mass is 79.9. The van der Waals surface area contributed by atoms with Crippen molar-refractivity contribution in [3.8, 4) is 11.4 Å². The van der Waals surface area contributed by atoms with Crippen molar-refractivity contribution in [2.24, 2.45) is 0 Å². The first-order valence-corrected chi connectivity index (χ1v) is 7.41. The Kier molecular flexibility index (Phi) is 3.36. The third kappa shape index (κ3) is 2.08. The molecule has 110 valence electrons. The number of nitrogens with two attached hydrogens (primary N) is 1. The topological polar surface area (TPSA) is 70.9 Å². The van der Waals surface area contributed by atoms with Gasteiger partial charge in [-0.05, 0) is 48.0 Å². The van der Waals surface area contributed by atoms with Crippen LogP contribution in [-0.4, -0.2) is 26.4 Å². The lowest BCUT2D eigenvalue weighted by Gasteiger charge is -2.10. The zero-order valence-corrected chi connectivity index (χ0v) is 13.7. The first-order valence-electron chi connectivity index (χ1n) is 6.62. The molecule has 3 rings (SSSR count). The van der Waals surface area contributed by atoms with E-state index in [4.69, 9.17) is 10.5 Å². The van der Waals surface area contributed by atoms with Gasteiger partial charge in [-0.3, -0.25) is 4.57 Å². The third-order valence-electron chi connectivity index (χ3n) is 3.43. The molecule has 0 bridgehead atoms. The number of hydrogen-bond acceptors (Lipinski definition) is 4. The van der Waals surface area contributed by atoms with Crippen LogP contribution in [0, 0.1) is 6.92 Å². The van der Waals surface area contributed by atoms with E-state index in [0.29, 0.717) is 5.95 Å². The highest BCUT2D eigenvalue weighted by Gasteiger charge is 2.18. The molecule has 0 aliphatic heterocycles. The summed E-state index contributed by atoms with van der Waals surface area (Å²) in [5.74, 6) is 1.22. The van der Waals surface area contributed by atoms with Crippen LogP contribution >= 0.6 is 15.9 Å². The van der Waals surface area contributed by atoms with Gasteiger partial charge in [0.1, 0.15) is 11.3 Å². The van der Waals surface area contributed by atoms with E-state index in [1.807, 2.05) is 41.3 Å². The van der Waals surface area contributed by atoms with Crippen molar-refractivity contribution in [3.05, 3.63) is 28.4 Å². The SMILES string of the molecule is CCn1nc(C)c2nc(N)n(-c3ccc(OC)c(Br)c3)c21. The van der Waals surface area contributed by atoms with E-state index in [-0.39, 0.29) is 0 Å². The van der Waals surface area contributed by atoms with Gasteiger partial charge in [0.2, 0.25) is 5.95 Å². The van der Waals surface area contributed by atoms with Crippen molar-refractivity contribution >= 4 is 33.0 Å². The smallest absolute Gasteiger partial charge is 0.207 e. The van der Waals surface area contributed by atoms with Gasteiger partial charge >= 0.3 is 0 Å². The number of nitrogens with zero attached hydrogens (tertiary/aromatic N) is 4. The maximum absolute atomic E-state index is 6.11. The molecule has 2 aromatic heterocycles. The number of aryl methyl sites for hydroxylation is 2. The number of ether oxygens (including phenoxy) is 1. The van der Waals surface area contributed by atoms with Crippen LogP contribution in [0.1, 0.15) is 12.6 Å². The van der Waals surface area contributed by atoms with Gasteiger partial charge in [0.15, 0.2) is 5.65 Å². The van der Waals surface area contributed by atoms with Gasteiger partial charge in [-0.15, -0.1) is 0 Å². The number of aromatic nitrogens is 4. The molecule has 0 fully saturated rings. The Hall–Kier alpha value is -2.02. The predicted molar refractivity (Wildman–Crippen MR) is 85.9 cm³/mol. The van der Waals surface area contributed by atoms with Crippen LogP contribution in [0.3, 0.4) is 0 Å². The average molecular weight is 350 g/mol. The molecule has 0 aliphatic carbocycles. The van der Waals surface area contributed by atoms with Crippen molar-refractivity contribution in [1.82, 2.24) is 19.3 Å². The number of benzene rings is 1. The first kappa shape index (κ1) is 13.9. The molecule has 0 radical (unpaired) electrons. The van der Waals surface area contributed by atoms with Crippen molar-refractivity contribution in [3.63, 3.8) is 0 Å². The molecule has 0 saturated carbocycles. The number of nitrogen functional groups attached to an aromatic ring is 1. The number of halogens is 1. The maximum atomic E-state index is 6.11. The van der Waals surface area contributed by atoms with E-state index in [1.165, 1.54) is 0 Å². The van der Waals surface area contributed by atoms with Crippen molar-refractivity contribution in [1.29, 1.82) is 0 Å². The monoisotopic (exact) mass is 349 g/mol. The van der Waals surface area contributed by atoms with E-state index < -0.39 is 0 Å². The van der Waals surface area contributed by atoms with Crippen LogP contribution in [0.4, 0.5) is 5.95 Å². The molecule has 1 aromatic carbocycles. The summed E-state index contributed by atoms with van der Waals surface area (Å²) in [6.07, 6.45) is 0. The third-order valence-corrected chi connectivity index (χ3v) is 4.05. The van der Waals surface area contributed by atoms with Crippen LogP contribution in [0.25, 0.3) is 16.9 Å². The lowest BCUT2D eigenvalue weighted by Crippen LogP contribution is -2.06. The van der Waals surface area contributed by atoms with Gasteiger partial charge in [0.25, 0.3) is 0 Å². The molecule has 2 N–H and O–H groups in total. The molecular weight excluding hydrogens is 334 g/mol. The van der Waals surface area contributed by atoms with Crippen LogP contribution in [0.15, 0.2) is 22.7 Å². The number of methoxy groups -OCH3 is 1. The van der Waals surface area contributed by atoms with E-state index in [9.17, 15) is 0 Å². The number of anilines is 1. The van der Waals surface area contributed by atoms with Crippen LogP contribution < -0.4 is 10.5 Å². The summed E-state index contributed by atoms with van der Waals surface area (Å²) in [6, 6.07) is 5.80. The largest absolute Gasteiger partial charge is 0.496 e. The van der Waals surface area contributed by atoms with Gasteiger partial charge < -0.3 is 10.5 Å². The highest BCUT2D eigenvalue weighted by Crippen LogP contribution is 2.31. The fraction of sp³-hybridized carbons (Fsp3) is 0.286. The van der Waals surface area contributed by atoms with Crippen LogP contribution in [-0.2, 0) is 6.54 Å². The zero-order valence-electron chi connectivity index (χ0n) is 12.1. The van der Waals surface area contributed by atoms with E-state index in [0.717, 1.165) is 39.3 Å². The first-order chi connectivity index (χ1) is 10.1. The molecular formula is C14H16BrN5O. The Morgan fingerprint density at radius 3 is 2.76 bits per heavy atom. The number of imidazole rings is 1. The highest BCUT2D eigenvalue weighted by molar-refractivity contribution is 9.10. The Morgan fingerprint density at radius 1 is 1.38 bits per heavy atom. The lowest BCUT2D eigenvalue weighted by molar-refractivity contribution is 0.412. The molecule has 0 amide bonds. The zero-order chi connectivity index (χ0) is 15.1. The van der Waals surface area contributed by atoms with E-state index >= 15 is 0 Å². The quantitative estimate of drug-likeness (QED) is 0.789. The average Bonchev–Trinajstić information content (AvgIpc) is 2.95. The summed E-state index contributed by atoms with van der Waals surface area (Å²) < 4.78 is 9.94. The van der Waals surface area contributed by atoms with E-state index in [1.54, 1.807) is 7.11 Å². The second-order valence-corrected chi connectivity index (χ2v) is 5.55. The number of fused-ring (bicyclic) bond motifs is 1. The predicted octanol–water partition coefficient (Wildman–Crippen LogP) is 2.90. The molecule has 7 heteroatoms. The Morgan fingerprint density at radius 2 is 2.14 bits per heavy atom. The van der Waals surface area contributed by atoms with Gasteiger partial charge in [0, 0.05) is 6.54 Å². The van der Waals surface area contributed by atoms with Crippen molar-refractivity contribution in [2.75, 3.05) is 12.8 Å². The standard InChI is InChI=1S/C14H16BrN5O/c1-4-19-13-12(8(2)18-19)17-14(16)20(13)9-5-6-11(21-3)10(15)7-9/h5-7H,4H2,1-3H3,(H2,16,17). The number of hydrogen-bond donors (Lipinski definition) is 1. The normalized spacial score (nSPS) is 11.2. The Bertz CT molecular complexity index is 820. The Labute approximate surface area is 130 Å². The van der Waals surface area contributed by atoms with Crippen molar-refractivity contribution < 1.29 is 4.74 Å². The summed E-state index contributed by atoms with van der Waals surface area (Å²) in [7, 11) is 1.64. The van der Waals surface area contributed by atoms with Gasteiger partial charge in [0.05, 0.1) is 23.0 Å². The maximum Gasteiger partial charge on any atom is 0.207 e. The minimum Gasteiger partial charge on any atom is -0.496 e. The summed E-state index contributed by atoms with van der Waals surface area (Å²) in [6.45, 7) is 4.74. The summed E-state index contributed by atoms with van der Waals surface area (Å²) >= 11 is 3.50. The molecule has 2 heterocycles. The second kappa shape index (κ2) is 5.07. The summed E-state index contributed by atoms with van der Waals surface area (Å²) in [5.41, 5.74) is 9.64. The molecule has 6 nitrogen and oxygen atoms in total. The summed E-state index contributed by atoms with van der Waals surface area (Å²) in [4.78, 5) is 4.44. The molecule has 0 aliphatic rings. The van der Waals surface area contributed by atoms with Gasteiger partial charge in [-0.1, -0.05) is 0 Å². The molecule has 0 saturated heterocycles. The summed E-state index contributed by atoms with van der Waals surface area (Å²) in [5, 5.41) is 4.49. The molecule has 0 spiro atoms. The molecule has 21 heavy (non-hydrogen) atoms. The minimum atomic E-state index is 0.449. The van der Waals surface area contributed by atoms with Gasteiger partial charge in [-0.25, -0.2) is 9.67 Å². The molecule has 3 aromatic rings. The fourth-order valence-electron chi connectivity index (χ4n) is 2.45. The second-order valence-electron chi connectivity index (χ2n) is 4.70. The molecule has 0 atom stereocenters. The fourth-order valence-corrected chi connectivity index (χ4v) is 2.98. The molecule has 0 unspecified atom stereocenters. The Balaban J connectivity index is 2.29. The van der Waals surface area contributed by atoms with Crippen LogP contribution in [0.2, 0.25) is 0 Å². The van der Waals surface area contributed by atoms with Crippen LogP contribution in [0.5, 0.6) is 5.75 Å². The number of rotatable bonds is 3.